The zero-order chi connectivity index (χ0) is 27.4. The van der Waals surface area contributed by atoms with Crippen LogP contribution in [0.4, 0.5) is 0 Å². The number of nitrogens with zero attached hydrogens (tertiary/aromatic N) is 4. The highest BCUT2D eigenvalue weighted by atomic mass is 79.9. The quantitative estimate of drug-likeness (QED) is 0.312. The van der Waals surface area contributed by atoms with E-state index in [1.807, 2.05) is 49.4 Å². The third-order valence-corrected chi connectivity index (χ3v) is 7.83. The first kappa shape index (κ1) is 27.7. The normalized spacial score (nSPS) is 11.9. The molecule has 1 unspecified atom stereocenters. The third-order valence-electron chi connectivity index (χ3n) is 6.21. The van der Waals surface area contributed by atoms with Crippen LogP contribution in [-0.2, 0) is 11.3 Å². The van der Waals surface area contributed by atoms with Crippen molar-refractivity contribution in [2.24, 2.45) is 5.73 Å². The Morgan fingerprint density at radius 1 is 1.11 bits per heavy atom. The second kappa shape index (κ2) is 12.0. The van der Waals surface area contributed by atoms with Gasteiger partial charge in [0.1, 0.15) is 10.5 Å². The first-order valence-electron chi connectivity index (χ1n) is 12.2. The summed E-state index contributed by atoms with van der Waals surface area (Å²) in [5.41, 5.74) is 8.39. The van der Waals surface area contributed by atoms with E-state index in [9.17, 15) is 14.4 Å². The van der Waals surface area contributed by atoms with Crippen molar-refractivity contribution < 1.29 is 9.59 Å². The van der Waals surface area contributed by atoms with Gasteiger partial charge in [-0.05, 0) is 59.6 Å². The lowest BCUT2D eigenvalue weighted by Gasteiger charge is -2.33. The molecule has 0 saturated carbocycles. The molecule has 0 radical (unpaired) electrons. The maximum Gasteiger partial charge on any atom is 0.271 e. The second-order valence-electron chi connectivity index (χ2n) is 9.25. The van der Waals surface area contributed by atoms with E-state index in [2.05, 4.69) is 15.9 Å². The highest BCUT2D eigenvalue weighted by Crippen LogP contribution is 2.30. The fraction of sp³-hybridized carbons (Fsp3) is 0.286. The van der Waals surface area contributed by atoms with Crippen LogP contribution in [-0.4, -0.2) is 58.4 Å². The van der Waals surface area contributed by atoms with Gasteiger partial charge in [-0.1, -0.05) is 48.0 Å². The van der Waals surface area contributed by atoms with Crippen LogP contribution in [0.2, 0.25) is 0 Å². The lowest BCUT2D eigenvalue weighted by Crippen LogP contribution is -2.47. The van der Waals surface area contributed by atoms with Crippen LogP contribution in [0.1, 0.15) is 39.8 Å². The van der Waals surface area contributed by atoms with Gasteiger partial charge in [0, 0.05) is 26.2 Å². The van der Waals surface area contributed by atoms with E-state index in [1.165, 1.54) is 25.7 Å². The van der Waals surface area contributed by atoms with Crippen molar-refractivity contribution in [3.8, 4) is 0 Å². The number of carbonyl (C=O) groups excluding carboxylic acids is 2. The molecule has 0 fully saturated rings. The Balaban J connectivity index is 1.96. The van der Waals surface area contributed by atoms with Gasteiger partial charge in [-0.15, -0.1) is 11.3 Å². The molecule has 4 rings (SSSR count). The molecule has 0 aliphatic carbocycles. The van der Waals surface area contributed by atoms with E-state index < -0.39 is 6.04 Å². The fourth-order valence-corrected chi connectivity index (χ4v) is 5.70. The van der Waals surface area contributed by atoms with E-state index in [-0.39, 0.29) is 36.3 Å². The van der Waals surface area contributed by atoms with Crippen molar-refractivity contribution >= 4 is 49.3 Å². The smallest absolute Gasteiger partial charge is 0.271 e. The van der Waals surface area contributed by atoms with Crippen LogP contribution < -0.4 is 11.3 Å². The van der Waals surface area contributed by atoms with Gasteiger partial charge in [0.05, 0.1) is 15.8 Å². The van der Waals surface area contributed by atoms with Gasteiger partial charge in [-0.2, -0.15) is 0 Å². The SMILES string of the molecule is Cc1ccc(C(=O)N(CCCN)C(C(=O)N(C)C)c2nc3cc(Br)sc3c(=O)n2Cc2ccccc2)cc1. The minimum atomic E-state index is -1.13. The molecular formula is C28H30BrN5O3S. The van der Waals surface area contributed by atoms with E-state index in [1.54, 1.807) is 32.3 Å². The molecule has 2 aromatic heterocycles. The monoisotopic (exact) mass is 595 g/mol. The molecule has 0 saturated heterocycles. The maximum atomic E-state index is 13.9. The van der Waals surface area contributed by atoms with E-state index in [0.717, 1.165) is 14.9 Å². The number of aromatic nitrogens is 2. The molecule has 0 aliphatic rings. The molecule has 8 nitrogen and oxygen atoms in total. The molecule has 2 aromatic carbocycles. The van der Waals surface area contributed by atoms with Crippen molar-refractivity contribution in [2.45, 2.75) is 25.9 Å². The Morgan fingerprint density at radius 3 is 2.42 bits per heavy atom. The van der Waals surface area contributed by atoms with E-state index in [0.29, 0.717) is 28.7 Å². The average molecular weight is 597 g/mol. The number of thiophene rings is 1. The Labute approximate surface area is 233 Å². The topological polar surface area (TPSA) is 102 Å². The number of rotatable bonds is 9. The van der Waals surface area contributed by atoms with Gasteiger partial charge in [-0.3, -0.25) is 19.0 Å². The Kier molecular flexibility index (Phi) is 8.76. The van der Waals surface area contributed by atoms with Crippen molar-refractivity contribution in [1.82, 2.24) is 19.4 Å². The molecule has 198 valence electrons. The third kappa shape index (κ3) is 5.87. The number of fused-ring (bicyclic) bond motifs is 1. The Hall–Kier alpha value is -3.34. The van der Waals surface area contributed by atoms with Crippen LogP contribution >= 0.6 is 27.3 Å². The number of amides is 2. The summed E-state index contributed by atoms with van der Waals surface area (Å²) in [5, 5.41) is 0. The number of nitrogens with two attached hydrogens (primary N) is 1. The van der Waals surface area contributed by atoms with Crippen molar-refractivity contribution in [3.63, 3.8) is 0 Å². The highest BCUT2D eigenvalue weighted by molar-refractivity contribution is 9.11. The zero-order valence-electron chi connectivity index (χ0n) is 21.6. The number of hydrogen-bond donors (Lipinski definition) is 1. The molecule has 0 spiro atoms. The van der Waals surface area contributed by atoms with Crippen LogP contribution in [0.25, 0.3) is 10.2 Å². The lowest BCUT2D eigenvalue weighted by molar-refractivity contribution is -0.134. The number of halogens is 1. The van der Waals surface area contributed by atoms with Gasteiger partial charge >= 0.3 is 0 Å². The van der Waals surface area contributed by atoms with Gasteiger partial charge in [-0.25, -0.2) is 4.98 Å². The van der Waals surface area contributed by atoms with E-state index in [4.69, 9.17) is 10.7 Å². The van der Waals surface area contributed by atoms with Gasteiger partial charge in [0.25, 0.3) is 17.4 Å². The molecule has 2 amide bonds. The summed E-state index contributed by atoms with van der Waals surface area (Å²) >= 11 is 4.76. The summed E-state index contributed by atoms with van der Waals surface area (Å²) in [4.78, 5) is 49.4. The minimum Gasteiger partial charge on any atom is -0.347 e. The van der Waals surface area contributed by atoms with Gasteiger partial charge in [0.2, 0.25) is 0 Å². The minimum absolute atomic E-state index is 0.203. The molecule has 1 atom stereocenters. The number of aryl methyl sites for hydroxylation is 1. The van der Waals surface area contributed by atoms with Crippen LogP contribution in [0, 0.1) is 6.92 Å². The summed E-state index contributed by atoms with van der Waals surface area (Å²) in [6, 6.07) is 17.3. The fourth-order valence-electron chi connectivity index (χ4n) is 4.23. The molecular weight excluding hydrogens is 566 g/mol. The predicted octanol–water partition coefficient (Wildman–Crippen LogP) is 4.20. The summed E-state index contributed by atoms with van der Waals surface area (Å²) in [5.74, 6) is -0.469. The summed E-state index contributed by atoms with van der Waals surface area (Å²) in [7, 11) is 3.26. The number of likely N-dealkylation sites (N-methyl/N-ethyl adjacent to an activating group) is 1. The largest absolute Gasteiger partial charge is 0.347 e. The van der Waals surface area contributed by atoms with Crippen LogP contribution in [0.15, 0.2) is 69.2 Å². The Morgan fingerprint density at radius 2 is 1.79 bits per heavy atom. The second-order valence-corrected chi connectivity index (χ2v) is 11.7. The van der Waals surface area contributed by atoms with Crippen molar-refractivity contribution in [2.75, 3.05) is 27.2 Å². The molecule has 10 heteroatoms. The molecule has 0 aliphatic heterocycles. The van der Waals surface area contributed by atoms with Crippen LogP contribution in [0.3, 0.4) is 0 Å². The molecule has 38 heavy (non-hydrogen) atoms. The highest BCUT2D eigenvalue weighted by Gasteiger charge is 2.37. The van der Waals surface area contributed by atoms with E-state index >= 15 is 0 Å². The first-order chi connectivity index (χ1) is 18.2. The summed E-state index contributed by atoms with van der Waals surface area (Å²) in [6.07, 6.45) is 0.476. The molecule has 2 N–H and O–H groups in total. The number of hydrogen-bond acceptors (Lipinski definition) is 6. The van der Waals surface area contributed by atoms with Gasteiger partial charge in [0.15, 0.2) is 6.04 Å². The number of carbonyl (C=O) groups is 2. The first-order valence-corrected chi connectivity index (χ1v) is 13.8. The number of benzene rings is 2. The summed E-state index contributed by atoms with van der Waals surface area (Å²) < 4.78 is 2.75. The van der Waals surface area contributed by atoms with Gasteiger partial charge < -0.3 is 15.5 Å². The maximum absolute atomic E-state index is 13.9. The zero-order valence-corrected chi connectivity index (χ0v) is 24.0. The predicted molar refractivity (Wildman–Crippen MR) is 154 cm³/mol. The Bertz CT molecular complexity index is 1500. The molecule has 2 heterocycles. The summed E-state index contributed by atoms with van der Waals surface area (Å²) in [6.45, 7) is 2.70. The standard InChI is InChI=1S/C28H30BrN5O3S/c1-18-10-12-20(13-11-18)26(35)33(15-7-14-30)23(27(36)32(2)3)25-31-21-16-22(29)38-24(21)28(37)34(25)17-19-8-5-4-6-9-19/h4-6,8-13,16,23H,7,14-15,17,30H2,1-3H3. The van der Waals surface area contributed by atoms with Crippen LogP contribution in [0.5, 0.6) is 0 Å². The average Bonchev–Trinajstić information content (AvgIpc) is 3.29. The van der Waals surface area contributed by atoms with Crippen molar-refractivity contribution in [1.29, 1.82) is 0 Å². The molecule has 4 aromatic rings. The molecule has 0 bridgehead atoms. The lowest BCUT2D eigenvalue weighted by atomic mass is 10.1. The van der Waals surface area contributed by atoms with Crippen molar-refractivity contribution in [3.05, 3.63) is 97.3 Å².